The SMILES string of the molecule is COCc1ccc(C(=O)Cc2ccc(F)cc2F)o1. The Hall–Kier alpha value is -2.01. The van der Waals surface area contributed by atoms with Crippen LogP contribution in [-0.2, 0) is 17.8 Å². The number of furan rings is 1. The summed E-state index contributed by atoms with van der Waals surface area (Å²) in [6, 6.07) is 6.25. The molecule has 1 aromatic carbocycles. The van der Waals surface area contributed by atoms with E-state index in [0.29, 0.717) is 5.76 Å². The van der Waals surface area contributed by atoms with Crippen molar-refractivity contribution in [1.82, 2.24) is 0 Å². The first-order valence-corrected chi connectivity index (χ1v) is 5.65. The van der Waals surface area contributed by atoms with Crippen LogP contribution in [0.15, 0.2) is 34.7 Å². The third-order valence-corrected chi connectivity index (χ3v) is 2.59. The number of rotatable bonds is 5. The molecule has 0 N–H and O–H groups in total. The van der Waals surface area contributed by atoms with Gasteiger partial charge in [0.25, 0.3) is 0 Å². The Morgan fingerprint density at radius 1 is 1.26 bits per heavy atom. The van der Waals surface area contributed by atoms with Crippen molar-refractivity contribution < 1.29 is 22.7 Å². The molecule has 0 radical (unpaired) electrons. The number of ketones is 1. The minimum atomic E-state index is -0.739. The van der Waals surface area contributed by atoms with Crippen LogP contribution in [0.3, 0.4) is 0 Å². The van der Waals surface area contributed by atoms with Crippen molar-refractivity contribution in [3.63, 3.8) is 0 Å². The maximum atomic E-state index is 13.4. The molecule has 0 spiro atoms. The Bertz CT molecular complexity index is 590. The average molecular weight is 266 g/mol. The van der Waals surface area contributed by atoms with E-state index in [1.807, 2.05) is 0 Å². The predicted molar refractivity (Wildman–Crippen MR) is 63.8 cm³/mol. The fraction of sp³-hybridized carbons (Fsp3) is 0.214. The number of methoxy groups -OCH3 is 1. The van der Waals surface area contributed by atoms with Gasteiger partial charge in [0, 0.05) is 19.6 Å². The number of benzene rings is 1. The van der Waals surface area contributed by atoms with Gasteiger partial charge >= 0.3 is 0 Å². The summed E-state index contributed by atoms with van der Waals surface area (Å²) in [5.74, 6) is -1.12. The third kappa shape index (κ3) is 3.26. The lowest BCUT2D eigenvalue weighted by Crippen LogP contribution is -2.04. The largest absolute Gasteiger partial charge is 0.456 e. The number of carbonyl (C=O) groups excluding carboxylic acids is 1. The second-order valence-corrected chi connectivity index (χ2v) is 4.03. The Morgan fingerprint density at radius 2 is 2.05 bits per heavy atom. The molecule has 1 aromatic heterocycles. The molecule has 0 atom stereocenters. The smallest absolute Gasteiger partial charge is 0.202 e. The highest BCUT2D eigenvalue weighted by atomic mass is 19.1. The number of carbonyl (C=O) groups is 1. The molecule has 3 nitrogen and oxygen atoms in total. The van der Waals surface area contributed by atoms with E-state index in [9.17, 15) is 13.6 Å². The first-order chi connectivity index (χ1) is 9.10. The molecule has 0 fully saturated rings. The van der Waals surface area contributed by atoms with E-state index in [2.05, 4.69) is 0 Å². The van der Waals surface area contributed by atoms with Crippen molar-refractivity contribution >= 4 is 5.78 Å². The van der Waals surface area contributed by atoms with Crippen molar-refractivity contribution in [2.45, 2.75) is 13.0 Å². The number of halogens is 2. The second kappa shape index (κ2) is 5.75. The van der Waals surface area contributed by atoms with Crippen LogP contribution >= 0.6 is 0 Å². The molecule has 0 bridgehead atoms. The average Bonchev–Trinajstić information content (AvgIpc) is 2.82. The van der Waals surface area contributed by atoms with Gasteiger partial charge in [-0.2, -0.15) is 0 Å². The van der Waals surface area contributed by atoms with Gasteiger partial charge in [0.05, 0.1) is 0 Å². The van der Waals surface area contributed by atoms with E-state index in [-0.39, 0.29) is 30.1 Å². The Balaban J connectivity index is 2.11. The van der Waals surface area contributed by atoms with Gasteiger partial charge in [-0.25, -0.2) is 8.78 Å². The quantitative estimate of drug-likeness (QED) is 0.780. The highest BCUT2D eigenvalue weighted by molar-refractivity contribution is 5.95. The van der Waals surface area contributed by atoms with Crippen molar-refractivity contribution in [2.75, 3.05) is 7.11 Å². The molecule has 2 aromatic rings. The molecule has 1 heterocycles. The van der Waals surface area contributed by atoms with Crippen molar-refractivity contribution in [1.29, 1.82) is 0 Å². The lowest BCUT2D eigenvalue weighted by atomic mass is 10.1. The topological polar surface area (TPSA) is 39.4 Å². The van der Waals surface area contributed by atoms with Gasteiger partial charge in [-0.15, -0.1) is 0 Å². The van der Waals surface area contributed by atoms with E-state index in [1.165, 1.54) is 19.2 Å². The highest BCUT2D eigenvalue weighted by Crippen LogP contribution is 2.15. The fourth-order valence-electron chi connectivity index (χ4n) is 1.67. The van der Waals surface area contributed by atoms with Crippen LogP contribution in [0.25, 0.3) is 0 Å². The number of ether oxygens (including phenoxy) is 1. The zero-order valence-corrected chi connectivity index (χ0v) is 10.3. The first kappa shape index (κ1) is 13.4. The minimum absolute atomic E-state index is 0.135. The Morgan fingerprint density at radius 3 is 2.74 bits per heavy atom. The summed E-state index contributed by atoms with van der Waals surface area (Å²) in [6.45, 7) is 0.262. The summed E-state index contributed by atoms with van der Waals surface area (Å²) in [6.07, 6.45) is -0.175. The number of hydrogen-bond donors (Lipinski definition) is 0. The molecule has 0 aliphatic rings. The minimum Gasteiger partial charge on any atom is -0.456 e. The van der Waals surface area contributed by atoms with Crippen LogP contribution in [0.1, 0.15) is 21.9 Å². The highest BCUT2D eigenvalue weighted by Gasteiger charge is 2.14. The molecule has 0 aliphatic carbocycles. The third-order valence-electron chi connectivity index (χ3n) is 2.59. The van der Waals surface area contributed by atoms with E-state index in [1.54, 1.807) is 6.07 Å². The zero-order valence-electron chi connectivity index (χ0n) is 10.3. The lowest BCUT2D eigenvalue weighted by molar-refractivity contribution is 0.0956. The van der Waals surface area contributed by atoms with Crippen LogP contribution in [0.5, 0.6) is 0 Å². The molecule has 5 heteroatoms. The van der Waals surface area contributed by atoms with Gasteiger partial charge in [-0.05, 0) is 23.8 Å². The fourth-order valence-corrected chi connectivity index (χ4v) is 1.67. The van der Waals surface area contributed by atoms with Gasteiger partial charge < -0.3 is 9.15 Å². The molecule has 19 heavy (non-hydrogen) atoms. The second-order valence-electron chi connectivity index (χ2n) is 4.03. The molecular formula is C14H12F2O3. The predicted octanol–water partition coefficient (Wildman–Crippen LogP) is 3.13. The van der Waals surface area contributed by atoms with Crippen LogP contribution < -0.4 is 0 Å². The number of Topliss-reactive ketones (excluding diaryl/α,β-unsaturated/α-hetero) is 1. The summed E-state index contributed by atoms with van der Waals surface area (Å²) in [7, 11) is 1.51. The normalized spacial score (nSPS) is 10.7. The van der Waals surface area contributed by atoms with Crippen molar-refractivity contribution in [3.8, 4) is 0 Å². The van der Waals surface area contributed by atoms with E-state index < -0.39 is 11.6 Å². The molecule has 0 aliphatic heterocycles. The molecule has 0 amide bonds. The van der Waals surface area contributed by atoms with Crippen LogP contribution in [0.2, 0.25) is 0 Å². The standard InChI is InChI=1S/C14H12F2O3/c1-18-8-11-4-5-14(19-11)13(17)6-9-2-3-10(15)7-12(9)16/h2-5,7H,6,8H2,1H3. The van der Waals surface area contributed by atoms with Gasteiger partial charge in [-0.1, -0.05) is 6.07 Å². The van der Waals surface area contributed by atoms with Gasteiger partial charge in [-0.3, -0.25) is 4.79 Å². The Labute approximate surface area is 108 Å². The van der Waals surface area contributed by atoms with E-state index in [0.717, 1.165) is 12.1 Å². The maximum absolute atomic E-state index is 13.4. The van der Waals surface area contributed by atoms with Crippen molar-refractivity contribution in [2.24, 2.45) is 0 Å². The molecule has 0 saturated carbocycles. The first-order valence-electron chi connectivity index (χ1n) is 5.65. The molecule has 0 unspecified atom stereocenters. The van der Waals surface area contributed by atoms with Gasteiger partial charge in [0.2, 0.25) is 5.78 Å². The zero-order chi connectivity index (χ0) is 13.8. The van der Waals surface area contributed by atoms with E-state index in [4.69, 9.17) is 9.15 Å². The van der Waals surface area contributed by atoms with Crippen LogP contribution in [0.4, 0.5) is 8.78 Å². The summed E-state index contributed by atoms with van der Waals surface area (Å²) >= 11 is 0. The van der Waals surface area contributed by atoms with Gasteiger partial charge in [0.15, 0.2) is 5.76 Å². The van der Waals surface area contributed by atoms with Crippen LogP contribution in [-0.4, -0.2) is 12.9 Å². The summed E-state index contributed by atoms with van der Waals surface area (Å²) in [5.41, 5.74) is 0.135. The molecule has 0 saturated heterocycles. The maximum Gasteiger partial charge on any atom is 0.202 e. The molecule has 2 rings (SSSR count). The number of hydrogen-bond acceptors (Lipinski definition) is 3. The van der Waals surface area contributed by atoms with Crippen LogP contribution in [0, 0.1) is 11.6 Å². The van der Waals surface area contributed by atoms with Crippen molar-refractivity contribution in [3.05, 3.63) is 59.1 Å². The Kier molecular flexibility index (Phi) is 4.06. The summed E-state index contributed by atoms with van der Waals surface area (Å²) < 4.78 is 36.3. The van der Waals surface area contributed by atoms with E-state index >= 15 is 0 Å². The summed E-state index contributed by atoms with van der Waals surface area (Å²) in [5, 5.41) is 0. The lowest BCUT2D eigenvalue weighted by Gasteiger charge is -2.01. The molecular weight excluding hydrogens is 254 g/mol. The molecule has 100 valence electrons. The monoisotopic (exact) mass is 266 g/mol. The summed E-state index contributed by atoms with van der Waals surface area (Å²) in [4.78, 5) is 11.9. The van der Waals surface area contributed by atoms with Gasteiger partial charge in [0.1, 0.15) is 24.0 Å².